The third kappa shape index (κ3) is 3.31. The van der Waals surface area contributed by atoms with E-state index in [9.17, 15) is 18.0 Å². The first-order valence-corrected chi connectivity index (χ1v) is 6.66. The number of hydrogen-bond acceptors (Lipinski definition) is 3. The number of nitrogens with one attached hydrogen (secondary N) is 1. The van der Waals surface area contributed by atoms with Gasteiger partial charge in [-0.25, -0.2) is 4.98 Å². The Balaban J connectivity index is 1.75. The van der Waals surface area contributed by atoms with E-state index in [4.69, 9.17) is 0 Å². The van der Waals surface area contributed by atoms with Crippen molar-refractivity contribution in [3.63, 3.8) is 0 Å². The van der Waals surface area contributed by atoms with Gasteiger partial charge in [0.15, 0.2) is 0 Å². The van der Waals surface area contributed by atoms with E-state index >= 15 is 0 Å². The number of halogens is 3. The molecule has 0 aliphatic carbocycles. The minimum absolute atomic E-state index is 0.108. The number of hydrogen-bond donors (Lipinski definition) is 1. The maximum Gasteiger partial charge on any atom is 0.417 e. The van der Waals surface area contributed by atoms with Crippen molar-refractivity contribution in [2.24, 2.45) is 0 Å². The van der Waals surface area contributed by atoms with E-state index in [1.165, 1.54) is 22.9 Å². The van der Waals surface area contributed by atoms with Gasteiger partial charge in [-0.2, -0.15) is 13.2 Å². The third-order valence-electron chi connectivity index (χ3n) is 3.18. The topological polar surface area (TPSA) is 59.3 Å². The molecular formula is C15H11F3N4O. The van der Waals surface area contributed by atoms with Gasteiger partial charge in [0, 0.05) is 24.8 Å². The molecule has 0 saturated heterocycles. The first-order valence-electron chi connectivity index (χ1n) is 6.66. The van der Waals surface area contributed by atoms with Crippen LogP contribution < -0.4 is 5.32 Å². The van der Waals surface area contributed by atoms with Crippen molar-refractivity contribution in [3.8, 4) is 0 Å². The zero-order valence-electron chi connectivity index (χ0n) is 11.7. The van der Waals surface area contributed by atoms with Crippen molar-refractivity contribution in [1.82, 2.24) is 19.7 Å². The van der Waals surface area contributed by atoms with Crippen LogP contribution in [0, 0.1) is 0 Å². The molecule has 3 aromatic rings. The first-order chi connectivity index (χ1) is 10.9. The molecule has 3 heterocycles. The van der Waals surface area contributed by atoms with Gasteiger partial charge >= 0.3 is 6.18 Å². The van der Waals surface area contributed by atoms with E-state index in [-0.39, 0.29) is 12.5 Å². The zero-order chi connectivity index (χ0) is 16.4. The van der Waals surface area contributed by atoms with Gasteiger partial charge in [0.05, 0.1) is 23.4 Å². The number of fused-ring (bicyclic) bond motifs is 1. The van der Waals surface area contributed by atoms with Crippen molar-refractivity contribution in [3.05, 3.63) is 65.9 Å². The molecule has 0 radical (unpaired) electrons. The Bertz CT molecular complexity index is 843. The molecule has 1 N–H and O–H groups in total. The van der Waals surface area contributed by atoms with E-state index < -0.39 is 11.7 Å². The number of carbonyl (C=O) groups is 1. The summed E-state index contributed by atoms with van der Waals surface area (Å²) in [5.74, 6) is -0.328. The fraction of sp³-hybridized carbons (Fsp3) is 0.133. The van der Waals surface area contributed by atoms with E-state index in [1.807, 2.05) is 0 Å². The molecule has 0 unspecified atom stereocenters. The smallest absolute Gasteiger partial charge is 0.346 e. The molecule has 118 valence electrons. The number of carbonyl (C=O) groups excluding carboxylic acids is 1. The lowest BCUT2D eigenvalue weighted by molar-refractivity contribution is -0.137. The van der Waals surface area contributed by atoms with Crippen LogP contribution in [0.15, 0.2) is 49.1 Å². The summed E-state index contributed by atoms with van der Waals surface area (Å²) in [6, 6.07) is 5.51. The highest BCUT2D eigenvalue weighted by Crippen LogP contribution is 2.29. The fourth-order valence-corrected chi connectivity index (χ4v) is 2.07. The molecule has 0 spiro atoms. The summed E-state index contributed by atoms with van der Waals surface area (Å²) in [6.07, 6.45) is 0.988. The highest BCUT2D eigenvalue weighted by Gasteiger charge is 2.30. The molecule has 0 aromatic carbocycles. The Morgan fingerprint density at radius 2 is 2.04 bits per heavy atom. The van der Waals surface area contributed by atoms with Crippen molar-refractivity contribution >= 4 is 11.6 Å². The minimum Gasteiger partial charge on any atom is -0.346 e. The average Bonchev–Trinajstić information content (AvgIpc) is 2.94. The number of alkyl halides is 3. The lowest BCUT2D eigenvalue weighted by Gasteiger charge is -2.05. The Morgan fingerprint density at radius 3 is 2.74 bits per heavy atom. The maximum atomic E-state index is 12.7. The van der Waals surface area contributed by atoms with Crippen LogP contribution in [0.1, 0.15) is 21.6 Å². The predicted octanol–water partition coefficient (Wildman–Crippen LogP) is 2.68. The van der Waals surface area contributed by atoms with E-state index in [0.29, 0.717) is 16.9 Å². The van der Waals surface area contributed by atoms with Crippen LogP contribution in [0.3, 0.4) is 0 Å². The van der Waals surface area contributed by atoms with Crippen LogP contribution in [-0.2, 0) is 12.7 Å². The Labute approximate surface area is 128 Å². The SMILES string of the molecule is O=C(NCc1cn2cc(C(F)(F)F)ccc2n1)c1cccnc1. The third-order valence-corrected chi connectivity index (χ3v) is 3.18. The van der Waals surface area contributed by atoms with Crippen LogP contribution in [0.4, 0.5) is 13.2 Å². The standard InChI is InChI=1S/C15H11F3N4O/c16-15(17,18)11-3-4-13-21-12(9-22(13)8-11)7-20-14(23)10-2-1-5-19-6-10/h1-6,8-9H,7H2,(H,20,23). The minimum atomic E-state index is -4.41. The van der Waals surface area contributed by atoms with Crippen LogP contribution >= 0.6 is 0 Å². The Hall–Kier alpha value is -2.90. The van der Waals surface area contributed by atoms with Crippen LogP contribution in [-0.4, -0.2) is 20.3 Å². The maximum absolute atomic E-state index is 12.7. The van der Waals surface area contributed by atoms with Gasteiger partial charge in [-0.1, -0.05) is 0 Å². The van der Waals surface area contributed by atoms with E-state index in [1.54, 1.807) is 18.3 Å². The molecule has 0 aliphatic heterocycles. The molecule has 3 rings (SSSR count). The first kappa shape index (κ1) is 15.0. The molecule has 0 bridgehead atoms. The second-order valence-corrected chi connectivity index (χ2v) is 4.84. The number of imidazole rings is 1. The van der Waals surface area contributed by atoms with E-state index in [0.717, 1.165) is 12.3 Å². The number of aromatic nitrogens is 3. The van der Waals surface area contributed by atoms with Gasteiger partial charge in [-0.3, -0.25) is 9.78 Å². The van der Waals surface area contributed by atoms with Gasteiger partial charge in [-0.15, -0.1) is 0 Å². The molecule has 0 atom stereocenters. The molecule has 5 nitrogen and oxygen atoms in total. The van der Waals surface area contributed by atoms with Crippen molar-refractivity contribution in [2.45, 2.75) is 12.7 Å². The zero-order valence-corrected chi connectivity index (χ0v) is 11.7. The van der Waals surface area contributed by atoms with Crippen molar-refractivity contribution in [2.75, 3.05) is 0 Å². The molecule has 3 aromatic heterocycles. The molecule has 0 aliphatic rings. The fourth-order valence-electron chi connectivity index (χ4n) is 2.07. The number of pyridine rings is 2. The van der Waals surface area contributed by atoms with Crippen molar-refractivity contribution in [1.29, 1.82) is 0 Å². The Kier molecular flexibility index (Phi) is 3.73. The average molecular weight is 320 g/mol. The number of amides is 1. The quantitative estimate of drug-likeness (QED) is 0.807. The van der Waals surface area contributed by atoms with E-state index in [2.05, 4.69) is 15.3 Å². The predicted molar refractivity (Wildman–Crippen MR) is 75.6 cm³/mol. The van der Waals surface area contributed by atoms with Gasteiger partial charge in [0.1, 0.15) is 5.65 Å². The second-order valence-electron chi connectivity index (χ2n) is 4.84. The van der Waals surface area contributed by atoms with Crippen LogP contribution in [0.5, 0.6) is 0 Å². The monoisotopic (exact) mass is 320 g/mol. The summed E-state index contributed by atoms with van der Waals surface area (Å²) < 4.78 is 39.3. The summed E-state index contributed by atoms with van der Waals surface area (Å²) in [7, 11) is 0. The summed E-state index contributed by atoms with van der Waals surface area (Å²) in [4.78, 5) is 19.9. The van der Waals surface area contributed by atoms with Crippen LogP contribution in [0.2, 0.25) is 0 Å². The van der Waals surface area contributed by atoms with Gasteiger partial charge in [-0.05, 0) is 24.3 Å². The molecule has 23 heavy (non-hydrogen) atoms. The largest absolute Gasteiger partial charge is 0.417 e. The highest BCUT2D eigenvalue weighted by atomic mass is 19.4. The number of nitrogens with zero attached hydrogens (tertiary/aromatic N) is 3. The summed E-state index contributed by atoms with van der Waals surface area (Å²) >= 11 is 0. The molecular weight excluding hydrogens is 309 g/mol. The van der Waals surface area contributed by atoms with Gasteiger partial charge in [0.25, 0.3) is 5.91 Å². The highest BCUT2D eigenvalue weighted by molar-refractivity contribution is 5.93. The summed E-state index contributed by atoms with van der Waals surface area (Å²) in [6.45, 7) is 0.108. The molecule has 8 heteroatoms. The second kappa shape index (κ2) is 5.71. The van der Waals surface area contributed by atoms with Crippen LogP contribution in [0.25, 0.3) is 5.65 Å². The number of rotatable bonds is 3. The van der Waals surface area contributed by atoms with Gasteiger partial charge < -0.3 is 9.72 Å². The lowest BCUT2D eigenvalue weighted by atomic mass is 10.2. The normalized spacial score (nSPS) is 11.6. The lowest BCUT2D eigenvalue weighted by Crippen LogP contribution is -2.22. The molecule has 1 amide bonds. The summed E-state index contributed by atoms with van der Waals surface area (Å²) in [5, 5.41) is 2.64. The molecule has 0 saturated carbocycles. The van der Waals surface area contributed by atoms with Crippen molar-refractivity contribution < 1.29 is 18.0 Å². The summed E-state index contributed by atoms with van der Waals surface area (Å²) in [5.41, 5.74) is 0.481. The Morgan fingerprint density at radius 1 is 1.22 bits per heavy atom. The van der Waals surface area contributed by atoms with Gasteiger partial charge in [0.2, 0.25) is 0 Å². The molecule has 0 fully saturated rings.